The van der Waals surface area contributed by atoms with Crippen molar-refractivity contribution in [3.63, 3.8) is 0 Å². The summed E-state index contributed by atoms with van der Waals surface area (Å²) in [6, 6.07) is 1.66. The predicted molar refractivity (Wildman–Crippen MR) is 79.6 cm³/mol. The molecule has 3 N–H and O–H groups in total. The number of aromatic nitrogens is 2. The van der Waals surface area contributed by atoms with E-state index in [0.29, 0.717) is 10.8 Å². The smallest absolute Gasteiger partial charge is 0.252 e. The second-order valence-corrected chi connectivity index (χ2v) is 5.26. The molecule has 1 saturated heterocycles. The predicted octanol–water partition coefficient (Wildman–Crippen LogP) is -0.125. The Kier molecular flexibility index (Phi) is 4.16. The van der Waals surface area contributed by atoms with Gasteiger partial charge in [0, 0.05) is 32.2 Å². The number of hydrogen-bond acceptors (Lipinski definition) is 5. The number of anilines is 1. The number of piperazine rings is 1. The Balaban J connectivity index is 2.03. The van der Waals surface area contributed by atoms with E-state index in [9.17, 15) is 4.79 Å². The van der Waals surface area contributed by atoms with Crippen molar-refractivity contribution in [2.24, 2.45) is 5.73 Å². The Labute approximate surface area is 117 Å². The highest BCUT2D eigenvalue weighted by Crippen LogP contribution is 2.13. The van der Waals surface area contributed by atoms with E-state index in [1.54, 1.807) is 13.0 Å². The Morgan fingerprint density at radius 2 is 2.11 bits per heavy atom. The summed E-state index contributed by atoms with van der Waals surface area (Å²) in [4.78, 5) is 23.4. The summed E-state index contributed by atoms with van der Waals surface area (Å²) in [6.45, 7) is 7.19. The SMILES string of the molecule is Cc1nc(N2CCN(C(C)C(N)=S)CC2)cc(=O)[nH]1. The van der Waals surface area contributed by atoms with Crippen LogP contribution in [-0.4, -0.2) is 52.1 Å². The van der Waals surface area contributed by atoms with Gasteiger partial charge in [-0.2, -0.15) is 0 Å². The Morgan fingerprint density at radius 3 is 2.63 bits per heavy atom. The molecule has 0 radical (unpaired) electrons. The van der Waals surface area contributed by atoms with Crippen molar-refractivity contribution in [3.8, 4) is 0 Å². The van der Waals surface area contributed by atoms with Crippen molar-refractivity contribution >= 4 is 23.0 Å². The van der Waals surface area contributed by atoms with Crippen LogP contribution in [0.15, 0.2) is 10.9 Å². The first kappa shape index (κ1) is 14.0. The highest BCUT2D eigenvalue weighted by molar-refractivity contribution is 7.80. The van der Waals surface area contributed by atoms with Crippen LogP contribution in [-0.2, 0) is 0 Å². The van der Waals surface area contributed by atoms with Crippen molar-refractivity contribution in [3.05, 3.63) is 22.2 Å². The van der Waals surface area contributed by atoms with E-state index in [4.69, 9.17) is 18.0 Å². The molecule has 1 aliphatic rings. The summed E-state index contributed by atoms with van der Waals surface area (Å²) in [7, 11) is 0. The van der Waals surface area contributed by atoms with Gasteiger partial charge in [0.05, 0.1) is 11.0 Å². The monoisotopic (exact) mass is 281 g/mol. The van der Waals surface area contributed by atoms with Crippen molar-refractivity contribution in [1.82, 2.24) is 14.9 Å². The summed E-state index contributed by atoms with van der Waals surface area (Å²) in [5, 5.41) is 0. The second kappa shape index (κ2) is 5.66. The van der Waals surface area contributed by atoms with Crippen LogP contribution in [0.1, 0.15) is 12.7 Å². The van der Waals surface area contributed by atoms with Crippen LogP contribution < -0.4 is 16.2 Å². The normalized spacial score (nSPS) is 18.3. The highest BCUT2D eigenvalue weighted by Gasteiger charge is 2.23. The minimum Gasteiger partial charge on any atom is -0.392 e. The van der Waals surface area contributed by atoms with Crippen LogP contribution in [0.25, 0.3) is 0 Å². The molecule has 2 heterocycles. The van der Waals surface area contributed by atoms with Gasteiger partial charge in [0.25, 0.3) is 5.56 Å². The molecule has 2 rings (SSSR count). The fraction of sp³-hybridized carbons (Fsp3) is 0.583. The highest BCUT2D eigenvalue weighted by atomic mass is 32.1. The fourth-order valence-corrected chi connectivity index (χ4v) is 2.39. The molecule has 1 atom stereocenters. The van der Waals surface area contributed by atoms with E-state index in [1.807, 2.05) is 6.92 Å². The molecule has 1 aliphatic heterocycles. The second-order valence-electron chi connectivity index (χ2n) is 4.79. The molecule has 0 spiro atoms. The number of nitrogens with zero attached hydrogens (tertiary/aromatic N) is 3. The van der Waals surface area contributed by atoms with Gasteiger partial charge in [-0.1, -0.05) is 12.2 Å². The molecule has 1 fully saturated rings. The summed E-state index contributed by atoms with van der Waals surface area (Å²) >= 11 is 5.02. The lowest BCUT2D eigenvalue weighted by Crippen LogP contribution is -2.53. The van der Waals surface area contributed by atoms with Crippen molar-refractivity contribution in [2.45, 2.75) is 19.9 Å². The van der Waals surface area contributed by atoms with Crippen molar-refractivity contribution in [1.29, 1.82) is 0 Å². The summed E-state index contributed by atoms with van der Waals surface area (Å²) < 4.78 is 0. The number of thiocarbonyl (C=S) groups is 1. The zero-order valence-corrected chi connectivity index (χ0v) is 12.0. The molecule has 6 nitrogen and oxygen atoms in total. The largest absolute Gasteiger partial charge is 0.392 e. The molecule has 0 saturated carbocycles. The van der Waals surface area contributed by atoms with E-state index < -0.39 is 0 Å². The summed E-state index contributed by atoms with van der Waals surface area (Å²) in [5.74, 6) is 1.38. The average Bonchev–Trinajstić information content (AvgIpc) is 2.37. The van der Waals surface area contributed by atoms with Crippen LogP contribution in [0, 0.1) is 6.92 Å². The lowest BCUT2D eigenvalue weighted by atomic mass is 10.2. The van der Waals surface area contributed by atoms with Crippen LogP contribution >= 0.6 is 12.2 Å². The standard InChI is InChI=1S/C12H19N5OS/c1-8(12(13)19)16-3-5-17(6-4-16)10-7-11(18)15-9(2)14-10/h7-8H,3-6H2,1-2H3,(H2,13,19)(H,14,15,18). The molecule has 104 valence electrons. The van der Waals surface area contributed by atoms with E-state index >= 15 is 0 Å². The average molecular weight is 281 g/mol. The topological polar surface area (TPSA) is 78.2 Å². The number of nitrogens with two attached hydrogens (primary N) is 1. The van der Waals surface area contributed by atoms with E-state index in [2.05, 4.69) is 19.8 Å². The van der Waals surface area contributed by atoms with Gasteiger partial charge in [0.15, 0.2) is 0 Å². The van der Waals surface area contributed by atoms with Gasteiger partial charge in [-0.05, 0) is 13.8 Å². The molecular formula is C12H19N5OS. The van der Waals surface area contributed by atoms with Crippen molar-refractivity contribution < 1.29 is 0 Å². The van der Waals surface area contributed by atoms with E-state index in [1.165, 1.54) is 0 Å². The zero-order chi connectivity index (χ0) is 14.0. The van der Waals surface area contributed by atoms with Crippen LogP contribution in [0.2, 0.25) is 0 Å². The van der Waals surface area contributed by atoms with Crippen LogP contribution in [0.5, 0.6) is 0 Å². The quantitative estimate of drug-likeness (QED) is 0.752. The first-order valence-electron chi connectivity index (χ1n) is 6.33. The van der Waals surface area contributed by atoms with Crippen LogP contribution in [0.3, 0.4) is 0 Å². The lowest BCUT2D eigenvalue weighted by molar-refractivity contribution is 0.238. The molecule has 1 aromatic rings. The molecule has 0 aliphatic carbocycles. The van der Waals surface area contributed by atoms with Gasteiger partial charge >= 0.3 is 0 Å². The first-order valence-corrected chi connectivity index (χ1v) is 6.74. The molecule has 7 heteroatoms. The third-order valence-corrected chi connectivity index (χ3v) is 3.79. The number of aromatic amines is 1. The van der Waals surface area contributed by atoms with Gasteiger partial charge in [-0.15, -0.1) is 0 Å². The van der Waals surface area contributed by atoms with Gasteiger partial charge < -0.3 is 15.6 Å². The fourth-order valence-electron chi connectivity index (χ4n) is 2.24. The van der Waals surface area contributed by atoms with Gasteiger partial charge in [0.1, 0.15) is 11.6 Å². The van der Waals surface area contributed by atoms with Gasteiger partial charge in [-0.25, -0.2) is 4.98 Å². The minimum absolute atomic E-state index is 0.110. The molecule has 1 aromatic heterocycles. The maximum absolute atomic E-state index is 11.4. The zero-order valence-electron chi connectivity index (χ0n) is 11.2. The van der Waals surface area contributed by atoms with E-state index in [0.717, 1.165) is 32.0 Å². The summed E-state index contributed by atoms with van der Waals surface area (Å²) in [6.07, 6.45) is 0. The first-order chi connectivity index (χ1) is 8.97. The minimum atomic E-state index is -0.110. The Hall–Kier alpha value is -1.47. The van der Waals surface area contributed by atoms with E-state index in [-0.39, 0.29) is 11.6 Å². The molecular weight excluding hydrogens is 262 g/mol. The van der Waals surface area contributed by atoms with Gasteiger partial charge in [0.2, 0.25) is 0 Å². The number of H-pyrrole nitrogens is 1. The lowest BCUT2D eigenvalue weighted by Gasteiger charge is -2.38. The number of nitrogens with one attached hydrogen (secondary N) is 1. The van der Waals surface area contributed by atoms with Gasteiger partial charge in [-0.3, -0.25) is 9.69 Å². The molecule has 0 bridgehead atoms. The Morgan fingerprint density at radius 1 is 1.47 bits per heavy atom. The number of aryl methyl sites for hydroxylation is 1. The number of rotatable bonds is 3. The molecule has 19 heavy (non-hydrogen) atoms. The van der Waals surface area contributed by atoms with Crippen molar-refractivity contribution in [2.75, 3.05) is 31.1 Å². The maximum atomic E-state index is 11.4. The Bertz CT molecular complexity index is 521. The number of hydrogen-bond donors (Lipinski definition) is 2. The molecule has 1 unspecified atom stereocenters. The van der Waals surface area contributed by atoms with Crippen LogP contribution in [0.4, 0.5) is 5.82 Å². The summed E-state index contributed by atoms with van der Waals surface area (Å²) in [5.41, 5.74) is 5.56. The molecule has 0 amide bonds. The maximum Gasteiger partial charge on any atom is 0.252 e. The molecule has 0 aromatic carbocycles. The third kappa shape index (κ3) is 3.30. The third-order valence-electron chi connectivity index (χ3n) is 3.44.